The van der Waals surface area contributed by atoms with E-state index in [1.807, 2.05) is 13.0 Å². The third kappa shape index (κ3) is 4.85. The van der Waals surface area contributed by atoms with Crippen molar-refractivity contribution >= 4 is 51.7 Å². The number of hydrogen-bond acceptors (Lipinski definition) is 5. The van der Waals surface area contributed by atoms with Gasteiger partial charge in [0.2, 0.25) is 11.8 Å². The minimum absolute atomic E-state index is 0.0700. The lowest BCUT2D eigenvalue weighted by Gasteiger charge is -2.13. The average Bonchev–Trinajstić information content (AvgIpc) is 2.96. The summed E-state index contributed by atoms with van der Waals surface area (Å²) in [6, 6.07) is 14.2. The fourth-order valence-electron chi connectivity index (χ4n) is 2.73. The van der Waals surface area contributed by atoms with Crippen LogP contribution in [-0.4, -0.2) is 40.8 Å². The predicted molar refractivity (Wildman–Crippen MR) is 114 cm³/mol. The molecule has 1 aliphatic heterocycles. The van der Waals surface area contributed by atoms with Crippen LogP contribution in [0.25, 0.3) is 0 Å². The van der Waals surface area contributed by atoms with Gasteiger partial charge in [-0.1, -0.05) is 29.4 Å². The molecule has 2 aromatic carbocycles. The molecule has 1 saturated heterocycles. The molecule has 1 aliphatic rings. The monoisotopic (exact) mass is 417 g/mol. The number of hydrogen-bond donors (Lipinski definition) is 1. The van der Waals surface area contributed by atoms with E-state index in [4.69, 9.17) is 16.3 Å². The zero-order valence-electron chi connectivity index (χ0n) is 15.5. The molecule has 1 atom stereocenters. The summed E-state index contributed by atoms with van der Waals surface area (Å²) in [4.78, 5) is 31.2. The van der Waals surface area contributed by atoms with Gasteiger partial charge >= 0.3 is 0 Å². The third-order valence-corrected chi connectivity index (χ3v) is 5.52. The number of carbonyl (C=O) groups is 2. The Morgan fingerprint density at radius 3 is 2.68 bits per heavy atom. The molecule has 3 rings (SSSR count). The fourth-order valence-corrected chi connectivity index (χ4v) is 4.13. The highest BCUT2D eigenvalue weighted by molar-refractivity contribution is 8.15. The van der Waals surface area contributed by atoms with E-state index >= 15 is 0 Å². The number of halogens is 1. The molecular weight excluding hydrogens is 398 g/mol. The lowest BCUT2D eigenvalue weighted by Crippen LogP contribution is -2.33. The largest absolute Gasteiger partial charge is 0.497 e. The Balaban J connectivity index is 1.68. The number of thioether (sulfide) groups is 1. The number of amides is 2. The number of aliphatic imine (C=N–C) groups is 1. The number of amidine groups is 1. The van der Waals surface area contributed by atoms with Crippen LogP contribution in [0.3, 0.4) is 0 Å². The molecule has 0 spiro atoms. The number of ether oxygens (including phenoxy) is 1. The van der Waals surface area contributed by atoms with Crippen LogP contribution in [-0.2, 0) is 9.59 Å². The van der Waals surface area contributed by atoms with Crippen LogP contribution in [0, 0.1) is 0 Å². The van der Waals surface area contributed by atoms with Gasteiger partial charge in [0.1, 0.15) is 11.0 Å². The Labute approximate surface area is 172 Å². The lowest BCUT2D eigenvalue weighted by atomic mass is 10.2. The second kappa shape index (κ2) is 9.12. The molecule has 1 N–H and O–H groups in total. The molecular formula is C20H20ClN3O3S. The first kappa shape index (κ1) is 20.2. The zero-order chi connectivity index (χ0) is 20.1. The highest BCUT2D eigenvalue weighted by Crippen LogP contribution is 2.32. The van der Waals surface area contributed by atoms with Crippen molar-refractivity contribution in [1.82, 2.24) is 4.90 Å². The highest BCUT2D eigenvalue weighted by Gasteiger charge is 2.38. The van der Waals surface area contributed by atoms with Gasteiger partial charge in [-0.3, -0.25) is 14.5 Å². The maximum atomic E-state index is 12.7. The van der Waals surface area contributed by atoms with E-state index in [-0.39, 0.29) is 18.2 Å². The van der Waals surface area contributed by atoms with Crippen LogP contribution < -0.4 is 10.1 Å². The lowest BCUT2D eigenvalue weighted by molar-refractivity contribution is -0.128. The van der Waals surface area contributed by atoms with Crippen molar-refractivity contribution in [3.63, 3.8) is 0 Å². The van der Waals surface area contributed by atoms with Crippen LogP contribution in [0.4, 0.5) is 11.4 Å². The molecule has 2 aromatic rings. The second-order valence-corrected chi connectivity index (χ2v) is 7.65. The molecule has 146 valence electrons. The summed E-state index contributed by atoms with van der Waals surface area (Å²) in [5.41, 5.74) is 1.32. The molecule has 0 unspecified atom stereocenters. The molecule has 0 aliphatic carbocycles. The van der Waals surface area contributed by atoms with Gasteiger partial charge in [-0.2, -0.15) is 0 Å². The van der Waals surface area contributed by atoms with E-state index in [2.05, 4.69) is 10.3 Å². The molecule has 28 heavy (non-hydrogen) atoms. The van der Waals surface area contributed by atoms with Crippen LogP contribution in [0.5, 0.6) is 5.75 Å². The standard InChI is InChI=1S/C20H20ClN3O3S/c1-3-24-19(26)17(28-20(24)23-15-6-4-5-13(21)11-15)12-18(25)22-14-7-9-16(27-2)10-8-14/h4-11,17H,3,12H2,1-2H3,(H,22,25)/t17-/m0/s1. The van der Waals surface area contributed by atoms with Gasteiger partial charge < -0.3 is 10.1 Å². The third-order valence-electron chi connectivity index (χ3n) is 4.11. The van der Waals surface area contributed by atoms with E-state index in [0.717, 1.165) is 0 Å². The summed E-state index contributed by atoms with van der Waals surface area (Å²) in [5, 5.41) is 3.46. The first-order chi connectivity index (χ1) is 13.5. The van der Waals surface area contributed by atoms with Crippen molar-refractivity contribution < 1.29 is 14.3 Å². The summed E-state index contributed by atoms with van der Waals surface area (Å²) in [6.07, 6.45) is 0.0700. The van der Waals surface area contributed by atoms with Crippen LogP contribution in [0.1, 0.15) is 13.3 Å². The van der Waals surface area contributed by atoms with Gasteiger partial charge in [0.25, 0.3) is 0 Å². The summed E-state index contributed by atoms with van der Waals surface area (Å²) in [6.45, 7) is 2.37. The summed E-state index contributed by atoms with van der Waals surface area (Å²) >= 11 is 7.30. The van der Waals surface area contributed by atoms with Crippen LogP contribution in [0.2, 0.25) is 5.02 Å². The minimum Gasteiger partial charge on any atom is -0.497 e. The minimum atomic E-state index is -0.504. The van der Waals surface area contributed by atoms with E-state index in [9.17, 15) is 9.59 Å². The Hall–Kier alpha value is -2.51. The molecule has 1 heterocycles. The topological polar surface area (TPSA) is 71.0 Å². The SMILES string of the molecule is CCN1C(=O)[C@H](CC(=O)Nc2ccc(OC)cc2)SC1=Nc1cccc(Cl)c1. The smallest absolute Gasteiger partial charge is 0.242 e. The summed E-state index contributed by atoms with van der Waals surface area (Å²) in [5.74, 6) is 0.370. The van der Waals surface area contributed by atoms with Gasteiger partial charge in [0.15, 0.2) is 5.17 Å². The molecule has 0 bridgehead atoms. The first-order valence-corrected chi connectivity index (χ1v) is 10.0. The van der Waals surface area contributed by atoms with E-state index in [1.165, 1.54) is 11.8 Å². The molecule has 0 radical (unpaired) electrons. The van der Waals surface area contributed by atoms with Crippen molar-refractivity contribution in [2.75, 3.05) is 19.0 Å². The van der Waals surface area contributed by atoms with E-state index < -0.39 is 5.25 Å². The van der Waals surface area contributed by atoms with Crippen LogP contribution in [0.15, 0.2) is 53.5 Å². The second-order valence-electron chi connectivity index (χ2n) is 6.04. The molecule has 2 amide bonds. The maximum Gasteiger partial charge on any atom is 0.242 e. The van der Waals surface area contributed by atoms with Crippen molar-refractivity contribution in [3.05, 3.63) is 53.6 Å². The average molecular weight is 418 g/mol. The molecule has 1 fully saturated rings. The zero-order valence-corrected chi connectivity index (χ0v) is 17.1. The normalized spacial score (nSPS) is 17.8. The summed E-state index contributed by atoms with van der Waals surface area (Å²) in [7, 11) is 1.58. The molecule has 8 heteroatoms. The number of nitrogens with zero attached hydrogens (tertiary/aromatic N) is 2. The molecule has 0 aromatic heterocycles. The van der Waals surface area contributed by atoms with Gasteiger partial charge in [0.05, 0.1) is 12.8 Å². The van der Waals surface area contributed by atoms with E-state index in [1.54, 1.807) is 54.5 Å². The van der Waals surface area contributed by atoms with E-state index in [0.29, 0.717) is 33.9 Å². The number of methoxy groups -OCH3 is 1. The Morgan fingerprint density at radius 1 is 1.29 bits per heavy atom. The number of nitrogens with one attached hydrogen (secondary N) is 1. The van der Waals surface area contributed by atoms with Crippen molar-refractivity contribution in [2.45, 2.75) is 18.6 Å². The predicted octanol–water partition coefficient (Wildman–Crippen LogP) is 4.33. The summed E-state index contributed by atoms with van der Waals surface area (Å²) < 4.78 is 5.10. The maximum absolute atomic E-state index is 12.7. The van der Waals surface area contributed by atoms with Crippen molar-refractivity contribution in [3.8, 4) is 5.75 Å². The van der Waals surface area contributed by atoms with Gasteiger partial charge in [-0.25, -0.2) is 4.99 Å². The Bertz CT molecular complexity index is 902. The quantitative estimate of drug-likeness (QED) is 0.759. The highest BCUT2D eigenvalue weighted by atomic mass is 35.5. The van der Waals surface area contributed by atoms with Crippen molar-refractivity contribution in [2.24, 2.45) is 4.99 Å². The number of rotatable bonds is 6. The molecule has 0 saturated carbocycles. The number of carbonyl (C=O) groups excluding carboxylic acids is 2. The van der Waals surface area contributed by atoms with Gasteiger partial charge in [-0.05, 0) is 49.4 Å². The number of benzene rings is 2. The molecule has 6 nitrogen and oxygen atoms in total. The van der Waals surface area contributed by atoms with Gasteiger partial charge in [0, 0.05) is 23.7 Å². The fraction of sp³-hybridized carbons (Fsp3) is 0.250. The van der Waals surface area contributed by atoms with Gasteiger partial charge in [-0.15, -0.1) is 0 Å². The Morgan fingerprint density at radius 2 is 2.04 bits per heavy atom. The number of anilines is 1. The van der Waals surface area contributed by atoms with Crippen molar-refractivity contribution in [1.29, 1.82) is 0 Å². The first-order valence-electron chi connectivity index (χ1n) is 8.76. The Kier molecular flexibility index (Phi) is 6.59. The van der Waals surface area contributed by atoms with Crippen LogP contribution >= 0.6 is 23.4 Å².